The molecule has 0 radical (unpaired) electrons. The van der Waals surface area contributed by atoms with Gasteiger partial charge in [-0.3, -0.25) is 4.79 Å². The highest BCUT2D eigenvalue weighted by molar-refractivity contribution is 6.30. The minimum Gasteiger partial charge on any atom is -0.493 e. The number of aromatic nitrogens is 2. The van der Waals surface area contributed by atoms with Gasteiger partial charge in [0.15, 0.2) is 17.5 Å². The zero-order valence-electron chi connectivity index (χ0n) is 18.3. The van der Waals surface area contributed by atoms with Crippen molar-refractivity contribution in [1.82, 2.24) is 15.1 Å². The van der Waals surface area contributed by atoms with E-state index in [1.54, 1.807) is 42.5 Å². The van der Waals surface area contributed by atoms with E-state index in [9.17, 15) is 18.0 Å². The number of anilines is 1. The third-order valence-electron chi connectivity index (χ3n) is 5.64. The number of halogens is 4. The fraction of sp³-hybridized carbons (Fsp3) is 0.304. The molecular weight excluding hydrogens is 473 g/mol. The molecule has 1 aromatic heterocycles. The summed E-state index contributed by atoms with van der Waals surface area (Å²) in [5, 5.41) is 10.2. The van der Waals surface area contributed by atoms with Crippen LogP contribution in [-0.2, 0) is 6.54 Å². The van der Waals surface area contributed by atoms with Gasteiger partial charge in [0.2, 0.25) is 0 Å². The molecule has 1 aliphatic heterocycles. The summed E-state index contributed by atoms with van der Waals surface area (Å²) in [5.74, 6) is 0.295. The summed E-state index contributed by atoms with van der Waals surface area (Å²) in [5.41, 5.74) is 1.33. The van der Waals surface area contributed by atoms with Gasteiger partial charge in [0, 0.05) is 18.0 Å². The van der Waals surface area contributed by atoms with Crippen molar-refractivity contribution in [3.8, 4) is 11.5 Å². The molecule has 0 bridgehead atoms. The Bertz CT molecular complexity index is 1200. The molecule has 3 aromatic rings. The largest absolute Gasteiger partial charge is 0.493 e. The summed E-state index contributed by atoms with van der Waals surface area (Å²) in [6.45, 7) is 0.159. The van der Waals surface area contributed by atoms with Crippen LogP contribution in [0.4, 0.5) is 19.0 Å². The van der Waals surface area contributed by atoms with E-state index in [2.05, 4.69) is 15.7 Å². The molecule has 1 amide bonds. The molecule has 0 unspecified atom stereocenters. The number of ether oxygens (including phenoxy) is 2. The monoisotopic (exact) mass is 494 g/mol. The lowest BCUT2D eigenvalue weighted by Gasteiger charge is -2.34. The van der Waals surface area contributed by atoms with Gasteiger partial charge in [0.05, 0.1) is 26.5 Å². The lowest BCUT2D eigenvalue weighted by atomic mass is 9.96. The van der Waals surface area contributed by atoms with Gasteiger partial charge >= 0.3 is 6.18 Å². The summed E-state index contributed by atoms with van der Waals surface area (Å²) >= 11 is 5.97. The first-order valence-electron chi connectivity index (χ1n) is 10.4. The molecule has 180 valence electrons. The molecule has 4 rings (SSSR count). The second-order valence-corrected chi connectivity index (χ2v) is 8.20. The Hall–Kier alpha value is -3.40. The number of alkyl halides is 3. The Balaban J connectivity index is 1.64. The number of hydrogen-bond acceptors (Lipinski definition) is 5. The third kappa shape index (κ3) is 4.77. The Morgan fingerprint density at radius 1 is 1.21 bits per heavy atom. The maximum absolute atomic E-state index is 13.9. The number of nitrogens with one attached hydrogen (secondary N) is 2. The number of amides is 1. The van der Waals surface area contributed by atoms with Crippen LogP contribution in [0.1, 0.15) is 40.0 Å². The van der Waals surface area contributed by atoms with Gasteiger partial charge in [-0.15, -0.1) is 0 Å². The number of carbonyl (C=O) groups is 1. The molecule has 11 heteroatoms. The molecule has 0 aliphatic carbocycles. The number of hydrogen-bond donors (Lipinski definition) is 2. The Morgan fingerprint density at radius 3 is 2.65 bits per heavy atom. The van der Waals surface area contributed by atoms with Gasteiger partial charge in [0.25, 0.3) is 5.91 Å². The molecule has 0 saturated heterocycles. The number of fused-ring (bicyclic) bond motifs is 1. The molecular formula is C23H22ClF3N4O3. The second-order valence-electron chi connectivity index (χ2n) is 7.77. The van der Waals surface area contributed by atoms with E-state index < -0.39 is 24.2 Å². The maximum atomic E-state index is 13.9. The second kappa shape index (κ2) is 9.46. The molecule has 7 nitrogen and oxygen atoms in total. The summed E-state index contributed by atoms with van der Waals surface area (Å²) in [6.07, 6.45) is -3.73. The van der Waals surface area contributed by atoms with Crippen molar-refractivity contribution in [1.29, 1.82) is 0 Å². The molecule has 2 aromatic carbocycles. The van der Waals surface area contributed by atoms with Gasteiger partial charge in [-0.25, -0.2) is 4.68 Å². The third-order valence-corrected chi connectivity index (χ3v) is 5.87. The van der Waals surface area contributed by atoms with E-state index in [1.807, 2.05) is 0 Å². The quantitative estimate of drug-likeness (QED) is 0.496. The summed E-state index contributed by atoms with van der Waals surface area (Å²) < 4.78 is 53.2. The van der Waals surface area contributed by atoms with Crippen LogP contribution in [0.15, 0.2) is 48.7 Å². The van der Waals surface area contributed by atoms with Crippen LogP contribution in [0.3, 0.4) is 0 Å². The van der Waals surface area contributed by atoms with Gasteiger partial charge in [-0.1, -0.05) is 29.8 Å². The van der Waals surface area contributed by atoms with E-state index in [-0.39, 0.29) is 24.3 Å². The smallest absolute Gasteiger partial charge is 0.410 e. The Morgan fingerprint density at radius 2 is 1.97 bits per heavy atom. The number of methoxy groups -OCH3 is 2. The van der Waals surface area contributed by atoms with Crippen molar-refractivity contribution >= 4 is 23.3 Å². The van der Waals surface area contributed by atoms with Crippen molar-refractivity contribution in [3.05, 3.63) is 70.4 Å². The SMILES string of the molecule is COc1ccc([C@H]2C[C@@H](C(F)(F)F)n3ncc(C(=O)NCc4cccc(Cl)c4)c3N2)cc1OC. The van der Waals surface area contributed by atoms with Crippen molar-refractivity contribution in [2.24, 2.45) is 0 Å². The number of nitrogens with zero attached hydrogens (tertiary/aromatic N) is 2. The Kier molecular flexibility index (Phi) is 6.60. The first-order valence-corrected chi connectivity index (χ1v) is 10.7. The van der Waals surface area contributed by atoms with Crippen molar-refractivity contribution in [2.45, 2.75) is 31.2 Å². The lowest BCUT2D eigenvalue weighted by molar-refractivity contribution is -0.173. The van der Waals surface area contributed by atoms with E-state index in [4.69, 9.17) is 21.1 Å². The molecule has 1 aliphatic rings. The molecule has 2 heterocycles. The summed E-state index contributed by atoms with van der Waals surface area (Å²) in [4.78, 5) is 12.9. The molecule has 0 fully saturated rings. The van der Waals surface area contributed by atoms with Crippen LogP contribution in [0.25, 0.3) is 0 Å². The van der Waals surface area contributed by atoms with Crippen LogP contribution >= 0.6 is 11.6 Å². The van der Waals surface area contributed by atoms with E-state index in [0.29, 0.717) is 22.1 Å². The number of carbonyl (C=O) groups excluding carboxylic acids is 1. The average molecular weight is 495 g/mol. The normalized spacial score (nSPS) is 17.5. The first-order chi connectivity index (χ1) is 16.2. The number of rotatable bonds is 6. The highest BCUT2D eigenvalue weighted by Gasteiger charge is 2.47. The van der Waals surface area contributed by atoms with Crippen LogP contribution in [0.5, 0.6) is 11.5 Å². The standard InChI is InChI=1S/C23H22ClF3N4O3/c1-33-18-7-6-14(9-19(18)34-2)17-10-20(23(25,26)27)31-21(30-17)16(12-29-31)22(32)28-11-13-4-3-5-15(24)8-13/h3-9,12,17,20,30H,10-11H2,1-2H3,(H,28,32)/t17-,20+/m1/s1. The van der Waals surface area contributed by atoms with E-state index in [0.717, 1.165) is 16.4 Å². The topological polar surface area (TPSA) is 77.4 Å². The fourth-order valence-electron chi connectivity index (χ4n) is 3.94. The van der Waals surface area contributed by atoms with Crippen LogP contribution < -0.4 is 20.1 Å². The Labute approximate surface area is 198 Å². The van der Waals surface area contributed by atoms with E-state index >= 15 is 0 Å². The zero-order valence-corrected chi connectivity index (χ0v) is 19.1. The van der Waals surface area contributed by atoms with Gasteiger partial charge in [-0.2, -0.15) is 18.3 Å². The maximum Gasteiger partial charge on any atom is 0.410 e. The molecule has 0 spiro atoms. The fourth-order valence-corrected chi connectivity index (χ4v) is 4.15. The lowest BCUT2D eigenvalue weighted by Crippen LogP contribution is -2.36. The van der Waals surface area contributed by atoms with Crippen molar-refractivity contribution in [2.75, 3.05) is 19.5 Å². The zero-order chi connectivity index (χ0) is 24.5. The predicted octanol–water partition coefficient (Wildman–Crippen LogP) is 5.14. The molecule has 34 heavy (non-hydrogen) atoms. The highest BCUT2D eigenvalue weighted by Crippen LogP contribution is 2.45. The molecule has 2 atom stereocenters. The molecule has 0 saturated carbocycles. The first kappa shape index (κ1) is 23.7. The van der Waals surface area contributed by atoms with Gasteiger partial charge in [0.1, 0.15) is 11.4 Å². The highest BCUT2D eigenvalue weighted by atomic mass is 35.5. The average Bonchev–Trinajstić information content (AvgIpc) is 3.25. The van der Waals surface area contributed by atoms with Crippen molar-refractivity contribution < 1.29 is 27.4 Å². The minimum absolute atomic E-state index is 0.00282. The minimum atomic E-state index is -4.56. The number of benzene rings is 2. The van der Waals surface area contributed by atoms with Crippen LogP contribution in [0.2, 0.25) is 5.02 Å². The van der Waals surface area contributed by atoms with Gasteiger partial charge < -0.3 is 20.1 Å². The summed E-state index contributed by atoms with van der Waals surface area (Å²) in [6, 6.07) is 9.19. The van der Waals surface area contributed by atoms with Crippen LogP contribution in [0, 0.1) is 0 Å². The van der Waals surface area contributed by atoms with E-state index in [1.165, 1.54) is 14.2 Å². The summed E-state index contributed by atoms with van der Waals surface area (Å²) in [7, 11) is 2.93. The molecule has 2 N–H and O–H groups in total. The van der Waals surface area contributed by atoms with Gasteiger partial charge in [-0.05, 0) is 35.4 Å². The van der Waals surface area contributed by atoms with Crippen LogP contribution in [-0.4, -0.2) is 36.1 Å². The van der Waals surface area contributed by atoms with Crippen molar-refractivity contribution in [3.63, 3.8) is 0 Å². The predicted molar refractivity (Wildman–Crippen MR) is 120 cm³/mol.